The average Bonchev–Trinajstić information content (AvgIpc) is 3.74. The van der Waals surface area contributed by atoms with Crippen LogP contribution in [0.4, 0.5) is 21.4 Å². The molecule has 0 spiro atoms. The molecule has 1 fully saturated rings. The van der Waals surface area contributed by atoms with E-state index in [-0.39, 0.29) is 11.9 Å². The molecule has 6 rings (SSSR count). The van der Waals surface area contributed by atoms with Crippen LogP contribution in [-0.4, -0.2) is 43.2 Å². The number of hydrogen-bond donors (Lipinski definition) is 2. The van der Waals surface area contributed by atoms with Crippen LogP contribution in [0.25, 0.3) is 16.1 Å². The van der Waals surface area contributed by atoms with Crippen LogP contribution < -0.4 is 20.3 Å². The number of hydrogen-bond acceptors (Lipinski definition) is 8. The van der Waals surface area contributed by atoms with Crippen LogP contribution in [0.5, 0.6) is 11.8 Å². The van der Waals surface area contributed by atoms with E-state index in [0.29, 0.717) is 29.6 Å². The summed E-state index contributed by atoms with van der Waals surface area (Å²) in [6.45, 7) is 11.2. The molecule has 0 atom stereocenters. The number of aromatic nitrogens is 5. The second-order valence-corrected chi connectivity index (χ2v) is 12.9. The second-order valence-electron chi connectivity index (χ2n) is 11.9. The van der Waals surface area contributed by atoms with Crippen molar-refractivity contribution < 1.29 is 14.3 Å². The highest BCUT2D eigenvalue weighted by Crippen LogP contribution is 2.34. The lowest BCUT2D eigenvalue weighted by Crippen LogP contribution is -2.23. The van der Waals surface area contributed by atoms with Gasteiger partial charge in [-0.2, -0.15) is 5.10 Å². The van der Waals surface area contributed by atoms with Crippen molar-refractivity contribution in [3.63, 3.8) is 0 Å². The van der Waals surface area contributed by atoms with Gasteiger partial charge in [-0.15, -0.1) is 0 Å². The van der Waals surface area contributed by atoms with Crippen molar-refractivity contribution in [1.29, 1.82) is 0 Å². The zero-order chi connectivity index (χ0) is 32.4. The third-order valence-corrected chi connectivity index (χ3v) is 8.57. The summed E-state index contributed by atoms with van der Waals surface area (Å²) in [5.41, 5.74) is 6.56. The van der Waals surface area contributed by atoms with Crippen molar-refractivity contribution in [2.24, 2.45) is 5.92 Å². The molecule has 2 N–H and O–H groups in total. The molecule has 236 valence electrons. The largest absolute Gasteiger partial charge is 0.424 e. The first-order valence-electron chi connectivity index (χ1n) is 15.2. The first-order chi connectivity index (χ1) is 22.1. The van der Waals surface area contributed by atoms with Gasteiger partial charge in [-0.1, -0.05) is 42.9 Å². The second kappa shape index (κ2) is 13.1. The predicted octanol–water partition coefficient (Wildman–Crippen LogP) is 7.47. The van der Waals surface area contributed by atoms with Crippen LogP contribution in [0.15, 0.2) is 61.1 Å². The van der Waals surface area contributed by atoms with E-state index in [1.54, 1.807) is 11.1 Å². The van der Waals surface area contributed by atoms with Crippen molar-refractivity contribution in [2.45, 2.75) is 53.9 Å². The lowest BCUT2D eigenvalue weighted by molar-refractivity contribution is -0.117. The van der Waals surface area contributed by atoms with Crippen molar-refractivity contribution in [1.82, 2.24) is 24.7 Å². The maximum absolute atomic E-state index is 13.1. The van der Waals surface area contributed by atoms with Gasteiger partial charge in [0.1, 0.15) is 11.6 Å². The standard InChI is InChI=1S/C34H36N8O3S/c1-20(2)13-25-16-29(42(40-25)31-22(4)14-21(3)15-23(31)5)39-32(44)38-26-17-35-33(36-18-26)45-27-10-8-24(9-11-27)28-19-37-34(46-28)41-12-6-7-30(41)43/h8-11,14-20H,6-7,12-13H2,1-5H3,(H2,38,39,44). The molecule has 0 radical (unpaired) electrons. The first-order valence-corrected chi connectivity index (χ1v) is 16.1. The Morgan fingerprint density at radius 1 is 0.978 bits per heavy atom. The normalized spacial score (nSPS) is 13.0. The van der Waals surface area contributed by atoms with Crippen molar-refractivity contribution in [3.05, 3.63) is 83.4 Å². The Kier molecular flexibility index (Phi) is 8.80. The Morgan fingerprint density at radius 3 is 2.35 bits per heavy atom. The number of nitrogens with zero attached hydrogens (tertiary/aromatic N) is 6. The molecule has 0 unspecified atom stereocenters. The molecule has 11 nitrogen and oxygen atoms in total. The molecule has 1 aliphatic heterocycles. The van der Waals surface area contributed by atoms with Gasteiger partial charge in [-0.05, 0) is 80.5 Å². The highest BCUT2D eigenvalue weighted by Gasteiger charge is 2.24. The minimum absolute atomic E-state index is 0.123. The third-order valence-electron chi connectivity index (χ3n) is 7.50. The van der Waals surface area contributed by atoms with Crippen molar-refractivity contribution >= 4 is 39.9 Å². The van der Waals surface area contributed by atoms with Gasteiger partial charge >= 0.3 is 12.0 Å². The SMILES string of the molecule is Cc1cc(C)c(-n2nc(CC(C)C)cc2NC(=O)Nc2cnc(Oc3ccc(-c4cnc(N5CCCC5=O)s4)cc3)nc2)c(C)c1. The number of thiazole rings is 1. The van der Waals surface area contributed by atoms with E-state index >= 15 is 0 Å². The van der Waals surface area contributed by atoms with Gasteiger partial charge in [0.15, 0.2) is 5.13 Å². The summed E-state index contributed by atoms with van der Waals surface area (Å²) in [5.74, 6) is 1.68. The summed E-state index contributed by atoms with van der Waals surface area (Å²) < 4.78 is 7.64. The lowest BCUT2D eigenvalue weighted by atomic mass is 10.1. The molecule has 5 aromatic rings. The number of benzene rings is 2. The minimum atomic E-state index is -0.437. The number of amides is 3. The van der Waals surface area contributed by atoms with Crippen LogP contribution in [0.1, 0.15) is 49.1 Å². The first kappa shape index (κ1) is 30.9. The van der Waals surface area contributed by atoms with Crippen LogP contribution in [0, 0.1) is 26.7 Å². The lowest BCUT2D eigenvalue weighted by Gasteiger charge is -2.15. The van der Waals surface area contributed by atoms with Crippen LogP contribution in [-0.2, 0) is 11.2 Å². The molecular weight excluding hydrogens is 600 g/mol. The molecule has 0 aliphatic carbocycles. The number of anilines is 3. The van der Waals surface area contributed by atoms with E-state index in [4.69, 9.17) is 9.84 Å². The van der Waals surface area contributed by atoms with Crippen molar-refractivity contribution in [2.75, 3.05) is 22.1 Å². The van der Waals surface area contributed by atoms with Gasteiger partial charge in [-0.3, -0.25) is 15.0 Å². The number of ether oxygens (including phenoxy) is 1. The molecule has 46 heavy (non-hydrogen) atoms. The Morgan fingerprint density at radius 2 is 1.70 bits per heavy atom. The maximum Gasteiger partial charge on any atom is 0.324 e. The summed E-state index contributed by atoms with van der Waals surface area (Å²) in [7, 11) is 0. The molecule has 0 bridgehead atoms. The molecule has 0 saturated carbocycles. The number of urea groups is 1. The highest BCUT2D eigenvalue weighted by molar-refractivity contribution is 7.19. The summed E-state index contributed by atoms with van der Waals surface area (Å²) in [6, 6.07) is 13.4. The quantitative estimate of drug-likeness (QED) is 0.172. The summed E-state index contributed by atoms with van der Waals surface area (Å²) in [4.78, 5) is 40.8. The molecule has 3 aromatic heterocycles. The zero-order valence-corrected chi connectivity index (χ0v) is 27.3. The molecule has 12 heteroatoms. The third kappa shape index (κ3) is 6.91. The highest BCUT2D eigenvalue weighted by atomic mass is 32.1. The zero-order valence-electron chi connectivity index (χ0n) is 26.5. The van der Waals surface area contributed by atoms with E-state index in [9.17, 15) is 9.59 Å². The fraction of sp³-hybridized carbons (Fsp3) is 0.294. The number of carbonyl (C=O) groups is 2. The number of nitrogens with one attached hydrogen (secondary N) is 2. The van der Waals surface area contributed by atoms with E-state index in [2.05, 4.69) is 72.3 Å². The maximum atomic E-state index is 13.1. The monoisotopic (exact) mass is 636 g/mol. The van der Waals surface area contributed by atoms with E-state index in [1.165, 1.54) is 29.3 Å². The van der Waals surface area contributed by atoms with E-state index in [1.807, 2.05) is 35.0 Å². The Hall–Kier alpha value is -5.10. The van der Waals surface area contributed by atoms with Crippen LogP contribution in [0.2, 0.25) is 0 Å². The fourth-order valence-corrected chi connectivity index (χ4v) is 6.56. The molecule has 2 aromatic carbocycles. The minimum Gasteiger partial charge on any atom is -0.424 e. The van der Waals surface area contributed by atoms with E-state index < -0.39 is 6.03 Å². The van der Waals surface area contributed by atoms with Gasteiger partial charge in [0.05, 0.1) is 34.3 Å². The van der Waals surface area contributed by atoms with Gasteiger partial charge in [0.25, 0.3) is 0 Å². The number of rotatable bonds is 9. The summed E-state index contributed by atoms with van der Waals surface area (Å²) >= 11 is 1.49. The van der Waals surface area contributed by atoms with Gasteiger partial charge < -0.3 is 10.1 Å². The Bertz CT molecular complexity index is 1860. The molecule has 1 aliphatic rings. The van der Waals surface area contributed by atoms with Gasteiger partial charge in [-0.25, -0.2) is 24.4 Å². The Balaban J connectivity index is 1.10. The fourth-order valence-electron chi connectivity index (χ4n) is 5.59. The van der Waals surface area contributed by atoms with Crippen LogP contribution >= 0.6 is 11.3 Å². The van der Waals surface area contributed by atoms with Crippen molar-refractivity contribution in [3.8, 4) is 27.9 Å². The number of carbonyl (C=O) groups excluding carboxylic acids is 2. The summed E-state index contributed by atoms with van der Waals surface area (Å²) in [5, 5.41) is 11.3. The summed E-state index contributed by atoms with van der Waals surface area (Å²) in [6.07, 6.45) is 7.00. The number of aryl methyl sites for hydroxylation is 3. The predicted molar refractivity (Wildman–Crippen MR) is 180 cm³/mol. The molecule has 1 saturated heterocycles. The smallest absolute Gasteiger partial charge is 0.324 e. The van der Waals surface area contributed by atoms with E-state index in [0.717, 1.165) is 57.5 Å². The molecular formula is C34H36N8O3S. The topological polar surface area (TPSA) is 127 Å². The van der Waals surface area contributed by atoms with Crippen LogP contribution in [0.3, 0.4) is 0 Å². The molecule has 3 amide bonds. The average molecular weight is 637 g/mol. The molecule has 4 heterocycles. The van der Waals surface area contributed by atoms with Gasteiger partial charge in [0, 0.05) is 25.2 Å². The van der Waals surface area contributed by atoms with Gasteiger partial charge in [0.2, 0.25) is 5.91 Å². The Labute approximate surface area is 271 Å².